The topological polar surface area (TPSA) is 25.8 Å². The molecule has 0 bridgehead atoms. The van der Waals surface area contributed by atoms with Crippen LogP contribution in [-0.2, 0) is 0 Å². The third-order valence-corrected chi connectivity index (χ3v) is 0.478. The van der Waals surface area contributed by atoms with E-state index in [1.807, 2.05) is 0 Å². The van der Waals surface area contributed by atoms with Gasteiger partial charge in [0.2, 0.25) is 0 Å². The fourth-order valence-electron chi connectivity index (χ4n) is 0.253. The van der Waals surface area contributed by atoms with Crippen molar-refractivity contribution >= 4 is 13.5 Å². The lowest BCUT2D eigenvalue weighted by Gasteiger charge is -1.70. The molecule has 0 fully saturated rings. The summed E-state index contributed by atoms with van der Waals surface area (Å²) in [5.74, 6) is 0. The predicted octanol–water partition coefficient (Wildman–Crippen LogP) is 0.589. The van der Waals surface area contributed by atoms with Gasteiger partial charge in [-0.15, -0.1) is 0 Å². The molecular formula is C4H6N2S. The molecule has 0 spiro atoms. The summed E-state index contributed by atoms with van der Waals surface area (Å²) in [5, 5.41) is 0. The Morgan fingerprint density at radius 3 is 1.71 bits per heavy atom. The third kappa shape index (κ3) is 2.17. The quantitative estimate of drug-likeness (QED) is 0.493. The summed E-state index contributed by atoms with van der Waals surface area (Å²) in [7, 11) is 0. The van der Waals surface area contributed by atoms with Crippen molar-refractivity contribution in [2.45, 2.75) is 0 Å². The monoisotopic (exact) mass is 114 g/mol. The van der Waals surface area contributed by atoms with E-state index in [1.165, 1.54) is 6.33 Å². The van der Waals surface area contributed by atoms with E-state index < -0.39 is 0 Å². The first-order chi connectivity index (χ1) is 3.00. The van der Waals surface area contributed by atoms with Gasteiger partial charge >= 0.3 is 0 Å². The summed E-state index contributed by atoms with van der Waals surface area (Å²) in [5.41, 5.74) is 0. The van der Waals surface area contributed by atoms with Gasteiger partial charge < -0.3 is 0 Å². The summed E-state index contributed by atoms with van der Waals surface area (Å²) in [6.07, 6.45) is 4.88. The van der Waals surface area contributed by atoms with Crippen LogP contribution in [-0.4, -0.2) is 9.97 Å². The van der Waals surface area contributed by atoms with Gasteiger partial charge in [-0.3, -0.25) is 0 Å². The third-order valence-electron chi connectivity index (χ3n) is 0.478. The first-order valence-corrected chi connectivity index (χ1v) is 1.70. The minimum absolute atomic E-state index is 0. The van der Waals surface area contributed by atoms with Crippen LogP contribution in [0.1, 0.15) is 0 Å². The van der Waals surface area contributed by atoms with Crippen molar-refractivity contribution in [3.8, 4) is 0 Å². The molecule has 0 aliphatic carbocycles. The van der Waals surface area contributed by atoms with Gasteiger partial charge in [-0.05, 0) is 6.07 Å². The molecule has 2 nitrogen and oxygen atoms in total. The molecule has 1 aromatic heterocycles. The van der Waals surface area contributed by atoms with Crippen LogP contribution in [0.3, 0.4) is 0 Å². The maximum Gasteiger partial charge on any atom is 0.115 e. The van der Waals surface area contributed by atoms with E-state index in [0.29, 0.717) is 0 Å². The molecule has 0 radical (unpaired) electrons. The van der Waals surface area contributed by atoms with Crippen molar-refractivity contribution in [3.63, 3.8) is 0 Å². The summed E-state index contributed by atoms with van der Waals surface area (Å²) in [6.45, 7) is 0. The highest BCUT2D eigenvalue weighted by atomic mass is 32.1. The van der Waals surface area contributed by atoms with Gasteiger partial charge in [0, 0.05) is 12.4 Å². The van der Waals surface area contributed by atoms with Crippen LogP contribution in [0.5, 0.6) is 0 Å². The fraction of sp³-hybridized carbons (Fsp3) is 0. The minimum Gasteiger partial charge on any atom is -0.245 e. The van der Waals surface area contributed by atoms with E-state index in [9.17, 15) is 0 Å². The van der Waals surface area contributed by atoms with Crippen LogP contribution in [0, 0.1) is 0 Å². The fourth-order valence-corrected chi connectivity index (χ4v) is 0.253. The zero-order valence-corrected chi connectivity index (χ0v) is 4.70. The van der Waals surface area contributed by atoms with E-state index in [4.69, 9.17) is 0 Å². The molecule has 0 aromatic carbocycles. The highest BCUT2D eigenvalue weighted by Gasteiger charge is 1.59. The molecule has 0 atom stereocenters. The number of hydrogen-bond acceptors (Lipinski definition) is 2. The Morgan fingerprint density at radius 2 is 1.57 bits per heavy atom. The standard InChI is InChI=1S/C4H4N2.H2S/c1-2-5-4-6-3-1;/h1-4H;1H2. The molecular weight excluding hydrogens is 108 g/mol. The summed E-state index contributed by atoms with van der Waals surface area (Å²) in [6, 6.07) is 1.78. The summed E-state index contributed by atoms with van der Waals surface area (Å²) < 4.78 is 0. The van der Waals surface area contributed by atoms with Crippen LogP contribution in [0.2, 0.25) is 0 Å². The van der Waals surface area contributed by atoms with Crippen molar-refractivity contribution in [1.29, 1.82) is 0 Å². The smallest absolute Gasteiger partial charge is 0.115 e. The van der Waals surface area contributed by atoms with Crippen molar-refractivity contribution in [2.75, 3.05) is 0 Å². The van der Waals surface area contributed by atoms with Gasteiger partial charge in [-0.1, -0.05) is 0 Å². The second-order valence-corrected chi connectivity index (χ2v) is 0.904. The van der Waals surface area contributed by atoms with Gasteiger partial charge in [-0.25, -0.2) is 9.97 Å². The van der Waals surface area contributed by atoms with Gasteiger partial charge in [0.25, 0.3) is 0 Å². The number of rotatable bonds is 0. The lowest BCUT2D eigenvalue weighted by Crippen LogP contribution is -1.66. The molecule has 0 unspecified atom stereocenters. The zero-order chi connectivity index (χ0) is 4.24. The Hall–Kier alpha value is -0.570. The second-order valence-electron chi connectivity index (χ2n) is 0.904. The van der Waals surface area contributed by atoms with Crippen molar-refractivity contribution < 1.29 is 0 Å². The molecule has 0 amide bonds. The molecule has 1 rings (SSSR count). The zero-order valence-electron chi connectivity index (χ0n) is 3.70. The lowest BCUT2D eigenvalue weighted by molar-refractivity contribution is 1.17. The van der Waals surface area contributed by atoms with Crippen LogP contribution >= 0.6 is 13.5 Å². The summed E-state index contributed by atoms with van der Waals surface area (Å²) in [4.78, 5) is 7.35. The first-order valence-electron chi connectivity index (χ1n) is 1.70. The second kappa shape index (κ2) is 3.61. The molecule has 0 saturated carbocycles. The van der Waals surface area contributed by atoms with Gasteiger partial charge in [0.1, 0.15) is 6.33 Å². The molecule has 3 heteroatoms. The minimum atomic E-state index is 0. The van der Waals surface area contributed by atoms with Crippen LogP contribution in [0.4, 0.5) is 0 Å². The summed E-state index contributed by atoms with van der Waals surface area (Å²) >= 11 is 0. The highest BCUT2D eigenvalue weighted by molar-refractivity contribution is 7.59. The van der Waals surface area contributed by atoms with Crippen LogP contribution < -0.4 is 0 Å². The Bertz CT molecular complexity index is 81.6. The van der Waals surface area contributed by atoms with Gasteiger partial charge in [0.15, 0.2) is 0 Å². The molecule has 0 aliphatic heterocycles. The SMILES string of the molecule is S.c1cncnc1. The molecule has 1 aromatic rings. The number of aromatic nitrogens is 2. The highest BCUT2D eigenvalue weighted by Crippen LogP contribution is 1.66. The van der Waals surface area contributed by atoms with E-state index in [1.54, 1.807) is 18.5 Å². The van der Waals surface area contributed by atoms with Crippen LogP contribution in [0.25, 0.3) is 0 Å². The van der Waals surface area contributed by atoms with Crippen molar-refractivity contribution in [1.82, 2.24) is 9.97 Å². The first kappa shape index (κ1) is 6.43. The number of nitrogens with zero attached hydrogens (tertiary/aromatic N) is 2. The molecule has 7 heavy (non-hydrogen) atoms. The van der Waals surface area contributed by atoms with Gasteiger partial charge in [0.05, 0.1) is 0 Å². The average molecular weight is 114 g/mol. The normalized spacial score (nSPS) is 6.86. The predicted molar refractivity (Wildman–Crippen MR) is 32.4 cm³/mol. The molecule has 1 heterocycles. The maximum absolute atomic E-state index is 3.67. The van der Waals surface area contributed by atoms with E-state index >= 15 is 0 Å². The van der Waals surface area contributed by atoms with E-state index in [-0.39, 0.29) is 13.5 Å². The molecule has 38 valence electrons. The van der Waals surface area contributed by atoms with Crippen molar-refractivity contribution in [3.05, 3.63) is 24.8 Å². The average Bonchev–Trinajstić information content (AvgIpc) is 1.72. The molecule has 0 N–H and O–H groups in total. The van der Waals surface area contributed by atoms with Crippen LogP contribution in [0.15, 0.2) is 24.8 Å². The van der Waals surface area contributed by atoms with E-state index in [0.717, 1.165) is 0 Å². The Balaban J connectivity index is 0.000000360. The Labute approximate surface area is 49.1 Å². The van der Waals surface area contributed by atoms with E-state index in [2.05, 4.69) is 9.97 Å². The van der Waals surface area contributed by atoms with Crippen molar-refractivity contribution in [2.24, 2.45) is 0 Å². The maximum atomic E-state index is 3.67. The molecule has 0 saturated heterocycles. The Kier molecular flexibility index (Phi) is 3.32. The van der Waals surface area contributed by atoms with Gasteiger partial charge in [-0.2, -0.15) is 13.5 Å². The number of hydrogen-bond donors (Lipinski definition) is 0. The lowest BCUT2D eigenvalue weighted by atomic mass is 10.7. The largest absolute Gasteiger partial charge is 0.245 e. The Morgan fingerprint density at radius 1 is 1.00 bits per heavy atom. The molecule has 0 aliphatic rings.